The van der Waals surface area contributed by atoms with Crippen molar-refractivity contribution in [3.05, 3.63) is 24.4 Å². The summed E-state index contributed by atoms with van der Waals surface area (Å²) in [4.78, 5) is 8.39. The second-order valence-corrected chi connectivity index (χ2v) is 4.69. The van der Waals surface area contributed by atoms with Crippen LogP contribution in [0.4, 0.5) is 0 Å². The normalized spacial score (nSPS) is 12.2. The summed E-state index contributed by atoms with van der Waals surface area (Å²) in [5, 5.41) is 0. The summed E-state index contributed by atoms with van der Waals surface area (Å²) < 4.78 is 5.37. The van der Waals surface area contributed by atoms with Crippen LogP contribution in [0.25, 0.3) is 11.1 Å². The van der Waals surface area contributed by atoms with Crippen molar-refractivity contribution in [1.29, 1.82) is 0 Å². The smallest absolute Gasteiger partial charge is 0.173 e. The molecule has 0 unspecified atom stereocenters. The van der Waals surface area contributed by atoms with Crippen LogP contribution >= 0.6 is 0 Å². The van der Waals surface area contributed by atoms with Gasteiger partial charge in [0.05, 0.1) is 12.0 Å². The van der Waals surface area contributed by atoms with Crippen LogP contribution < -0.4 is 0 Å². The molecule has 0 aromatic carbocycles. The first-order valence-electron chi connectivity index (χ1n) is 4.73. The van der Waals surface area contributed by atoms with Gasteiger partial charge >= 0.3 is 0 Å². The minimum atomic E-state index is 0.216. The van der Waals surface area contributed by atoms with E-state index < -0.39 is 0 Å². The van der Waals surface area contributed by atoms with Gasteiger partial charge in [0, 0.05) is 6.07 Å². The maximum atomic E-state index is 5.37. The van der Waals surface area contributed by atoms with E-state index >= 15 is 0 Å². The number of rotatable bonds is 1. The van der Waals surface area contributed by atoms with Crippen molar-refractivity contribution in [1.82, 2.24) is 9.97 Å². The van der Waals surface area contributed by atoms with Crippen molar-refractivity contribution < 1.29 is 4.42 Å². The van der Waals surface area contributed by atoms with Crippen LogP contribution in [0.2, 0.25) is 0 Å². The highest BCUT2D eigenvalue weighted by Crippen LogP contribution is 2.24. The monoisotopic (exact) mass is 190 g/mol. The van der Waals surface area contributed by atoms with Gasteiger partial charge in [-0.25, -0.2) is 9.97 Å². The van der Waals surface area contributed by atoms with Gasteiger partial charge < -0.3 is 4.42 Å². The Balaban J connectivity index is 2.46. The number of aromatic nitrogens is 2. The zero-order valence-electron chi connectivity index (χ0n) is 8.74. The molecule has 0 N–H and O–H groups in total. The van der Waals surface area contributed by atoms with Crippen molar-refractivity contribution in [2.75, 3.05) is 0 Å². The van der Waals surface area contributed by atoms with Crippen LogP contribution in [0, 0.1) is 5.41 Å². The van der Waals surface area contributed by atoms with Gasteiger partial charge in [0.2, 0.25) is 0 Å². The van der Waals surface area contributed by atoms with Crippen molar-refractivity contribution >= 4 is 11.1 Å². The minimum absolute atomic E-state index is 0.216. The molecule has 0 aliphatic rings. The molecule has 14 heavy (non-hydrogen) atoms. The lowest BCUT2D eigenvalue weighted by Crippen LogP contribution is -2.10. The molecule has 0 bridgehead atoms. The van der Waals surface area contributed by atoms with Gasteiger partial charge in [0.1, 0.15) is 11.8 Å². The Hall–Kier alpha value is -1.38. The first-order valence-corrected chi connectivity index (χ1v) is 4.73. The fraction of sp³-hybridized carbons (Fsp3) is 0.455. The molecule has 3 heteroatoms. The molecular weight excluding hydrogens is 176 g/mol. The zero-order valence-corrected chi connectivity index (χ0v) is 8.74. The second-order valence-electron chi connectivity index (χ2n) is 4.69. The summed E-state index contributed by atoms with van der Waals surface area (Å²) in [6, 6.07) is 1.86. The van der Waals surface area contributed by atoms with E-state index in [1.165, 1.54) is 0 Å². The Labute approximate surface area is 83.2 Å². The van der Waals surface area contributed by atoms with Crippen LogP contribution in [0.5, 0.6) is 0 Å². The molecule has 3 nitrogen and oxygen atoms in total. The summed E-state index contributed by atoms with van der Waals surface area (Å²) >= 11 is 0. The van der Waals surface area contributed by atoms with E-state index in [0.717, 1.165) is 23.2 Å². The zero-order chi connectivity index (χ0) is 10.2. The topological polar surface area (TPSA) is 38.9 Å². The summed E-state index contributed by atoms with van der Waals surface area (Å²) in [6.45, 7) is 6.55. The molecular formula is C11H14N2O. The van der Waals surface area contributed by atoms with Crippen LogP contribution in [-0.2, 0) is 6.42 Å². The molecule has 0 aliphatic carbocycles. The Morgan fingerprint density at radius 3 is 2.79 bits per heavy atom. The summed E-state index contributed by atoms with van der Waals surface area (Å²) in [6.07, 6.45) is 4.16. The molecule has 0 amide bonds. The number of fused-ring (bicyclic) bond motifs is 1. The highest BCUT2D eigenvalue weighted by Gasteiger charge is 2.16. The molecule has 2 aromatic heterocycles. The predicted octanol–water partition coefficient (Wildman–Crippen LogP) is 2.81. The van der Waals surface area contributed by atoms with Crippen LogP contribution in [0.3, 0.4) is 0 Å². The van der Waals surface area contributed by atoms with Crippen molar-refractivity contribution in [3.63, 3.8) is 0 Å². The van der Waals surface area contributed by atoms with Gasteiger partial charge in [-0.2, -0.15) is 0 Å². The van der Waals surface area contributed by atoms with Crippen LogP contribution in [0.15, 0.2) is 23.1 Å². The molecule has 0 fully saturated rings. The van der Waals surface area contributed by atoms with Crippen LogP contribution in [-0.4, -0.2) is 9.97 Å². The maximum Gasteiger partial charge on any atom is 0.173 e. The van der Waals surface area contributed by atoms with Crippen molar-refractivity contribution in [3.8, 4) is 0 Å². The van der Waals surface area contributed by atoms with Gasteiger partial charge in [0.15, 0.2) is 5.58 Å². The molecule has 0 saturated heterocycles. The van der Waals surface area contributed by atoms with E-state index in [0.29, 0.717) is 0 Å². The Morgan fingerprint density at radius 2 is 2.07 bits per heavy atom. The standard InChI is InChI=1S/C11H14N2O/c1-11(2,3)6-9-10-8(4-5-14-10)12-7-13-9/h4-5,7H,6H2,1-3H3. The Morgan fingerprint density at radius 1 is 1.29 bits per heavy atom. The average molecular weight is 190 g/mol. The third-order valence-electron chi connectivity index (χ3n) is 2.01. The Bertz CT molecular complexity index is 440. The molecule has 0 saturated carbocycles. The number of hydrogen-bond acceptors (Lipinski definition) is 3. The largest absolute Gasteiger partial charge is 0.461 e. The number of hydrogen-bond donors (Lipinski definition) is 0. The van der Waals surface area contributed by atoms with E-state index in [9.17, 15) is 0 Å². The van der Waals surface area contributed by atoms with Crippen LogP contribution in [0.1, 0.15) is 26.5 Å². The van der Waals surface area contributed by atoms with E-state index in [4.69, 9.17) is 4.42 Å². The quantitative estimate of drug-likeness (QED) is 0.694. The fourth-order valence-electron chi connectivity index (χ4n) is 1.47. The van der Waals surface area contributed by atoms with Crippen molar-refractivity contribution in [2.45, 2.75) is 27.2 Å². The predicted molar refractivity (Wildman–Crippen MR) is 55.0 cm³/mol. The first-order chi connectivity index (χ1) is 6.56. The van der Waals surface area contributed by atoms with Gasteiger partial charge in [-0.3, -0.25) is 0 Å². The lowest BCUT2D eigenvalue weighted by molar-refractivity contribution is 0.404. The molecule has 2 aromatic rings. The molecule has 0 atom stereocenters. The number of nitrogens with zero attached hydrogens (tertiary/aromatic N) is 2. The van der Waals surface area contributed by atoms with Gasteiger partial charge in [-0.15, -0.1) is 0 Å². The molecule has 2 heterocycles. The first kappa shape index (κ1) is 9.19. The number of furan rings is 1. The minimum Gasteiger partial charge on any atom is -0.461 e. The second kappa shape index (κ2) is 3.08. The van der Waals surface area contributed by atoms with Gasteiger partial charge in [-0.1, -0.05) is 20.8 Å². The summed E-state index contributed by atoms with van der Waals surface area (Å²) in [7, 11) is 0. The lowest BCUT2D eigenvalue weighted by atomic mass is 9.90. The summed E-state index contributed by atoms with van der Waals surface area (Å²) in [5.41, 5.74) is 2.92. The highest BCUT2D eigenvalue weighted by atomic mass is 16.3. The Kier molecular flexibility index (Phi) is 2.02. The van der Waals surface area contributed by atoms with Gasteiger partial charge in [-0.05, 0) is 11.8 Å². The van der Waals surface area contributed by atoms with Gasteiger partial charge in [0.25, 0.3) is 0 Å². The summed E-state index contributed by atoms with van der Waals surface area (Å²) in [5.74, 6) is 0. The van der Waals surface area contributed by atoms with E-state index in [2.05, 4.69) is 30.7 Å². The molecule has 0 spiro atoms. The molecule has 0 radical (unpaired) electrons. The SMILES string of the molecule is CC(C)(C)Cc1ncnc2ccoc12. The molecule has 0 aliphatic heterocycles. The van der Waals surface area contributed by atoms with Crippen molar-refractivity contribution in [2.24, 2.45) is 5.41 Å². The fourth-order valence-corrected chi connectivity index (χ4v) is 1.47. The maximum absolute atomic E-state index is 5.37. The lowest BCUT2D eigenvalue weighted by Gasteiger charge is -2.16. The van der Waals surface area contributed by atoms with E-state index in [-0.39, 0.29) is 5.41 Å². The van der Waals surface area contributed by atoms with E-state index in [1.807, 2.05) is 6.07 Å². The third-order valence-corrected chi connectivity index (χ3v) is 2.01. The van der Waals surface area contributed by atoms with E-state index in [1.54, 1.807) is 12.6 Å². The average Bonchev–Trinajstić information content (AvgIpc) is 2.49. The third kappa shape index (κ3) is 1.76. The highest BCUT2D eigenvalue weighted by molar-refractivity contribution is 5.74. The molecule has 2 rings (SSSR count). The molecule has 74 valence electrons.